The zero-order valence-corrected chi connectivity index (χ0v) is 7.91. The average molecular weight is 182 g/mol. The summed E-state index contributed by atoms with van der Waals surface area (Å²) in [5.74, 6) is 0. The fourth-order valence-electron chi connectivity index (χ4n) is 1.59. The summed E-state index contributed by atoms with van der Waals surface area (Å²) in [5.41, 5.74) is 3.17. The van der Waals surface area contributed by atoms with Crippen LogP contribution in [0, 0.1) is 11.3 Å². The van der Waals surface area contributed by atoms with Gasteiger partial charge in [-0.15, -0.1) is 0 Å². The summed E-state index contributed by atoms with van der Waals surface area (Å²) >= 11 is 0. The summed E-state index contributed by atoms with van der Waals surface area (Å²) in [6.07, 6.45) is 3.48. The van der Waals surface area contributed by atoms with Crippen LogP contribution in [0.1, 0.15) is 12.5 Å². The molecule has 0 aliphatic heterocycles. The summed E-state index contributed by atoms with van der Waals surface area (Å²) in [6, 6.07) is 10.1. The van der Waals surface area contributed by atoms with Gasteiger partial charge in [-0.2, -0.15) is 5.26 Å². The number of benzene rings is 1. The van der Waals surface area contributed by atoms with Crippen LogP contribution in [0.4, 0.5) is 0 Å². The molecule has 0 spiro atoms. The third kappa shape index (κ3) is 1.29. The number of nitrogens with zero attached hydrogens (tertiary/aromatic N) is 1. The van der Waals surface area contributed by atoms with Crippen LogP contribution in [0.3, 0.4) is 0 Å². The van der Waals surface area contributed by atoms with Crippen LogP contribution >= 0.6 is 0 Å². The Bertz CT molecular complexity index is 526. The lowest BCUT2D eigenvalue weighted by molar-refractivity contribution is 1.45. The summed E-state index contributed by atoms with van der Waals surface area (Å²) in [6.45, 7) is 1.94. The van der Waals surface area contributed by atoms with E-state index in [0.717, 1.165) is 16.7 Å². The lowest BCUT2D eigenvalue weighted by atomic mass is 10.0. The highest BCUT2D eigenvalue weighted by Gasteiger charge is 2.02. The lowest BCUT2D eigenvalue weighted by Crippen LogP contribution is -1.81. The average Bonchev–Trinajstić information content (AvgIpc) is 2.65. The highest BCUT2D eigenvalue weighted by Crippen LogP contribution is 2.23. The molecule has 14 heavy (non-hydrogen) atoms. The largest absolute Gasteiger partial charge is 0.361 e. The quantitative estimate of drug-likeness (QED) is 0.676. The van der Waals surface area contributed by atoms with Gasteiger partial charge in [0.25, 0.3) is 0 Å². The Kier molecular flexibility index (Phi) is 2.08. The molecule has 0 unspecified atom stereocenters. The van der Waals surface area contributed by atoms with Gasteiger partial charge in [0.15, 0.2) is 0 Å². The molecule has 0 saturated carbocycles. The van der Waals surface area contributed by atoms with Crippen molar-refractivity contribution in [2.75, 3.05) is 0 Å². The molecule has 0 saturated heterocycles. The maximum absolute atomic E-state index is 8.58. The van der Waals surface area contributed by atoms with Crippen molar-refractivity contribution >= 4 is 16.5 Å². The first-order chi connectivity index (χ1) is 6.83. The first kappa shape index (κ1) is 8.58. The molecular formula is C12H10N2. The third-order valence-corrected chi connectivity index (χ3v) is 2.29. The van der Waals surface area contributed by atoms with Gasteiger partial charge in [-0.05, 0) is 23.9 Å². The number of fused-ring (bicyclic) bond motifs is 1. The number of nitriles is 1. The fraction of sp³-hybridized carbons (Fsp3) is 0.0833. The molecule has 1 aromatic carbocycles. The van der Waals surface area contributed by atoms with Crippen molar-refractivity contribution in [2.24, 2.45) is 0 Å². The van der Waals surface area contributed by atoms with Gasteiger partial charge in [0, 0.05) is 17.8 Å². The predicted molar refractivity (Wildman–Crippen MR) is 57.6 cm³/mol. The molecule has 68 valence electrons. The second-order valence-corrected chi connectivity index (χ2v) is 3.20. The molecule has 0 radical (unpaired) electrons. The molecular weight excluding hydrogens is 172 g/mol. The molecule has 1 N–H and O–H groups in total. The summed E-state index contributed by atoms with van der Waals surface area (Å²) in [5, 5.41) is 9.76. The lowest BCUT2D eigenvalue weighted by Gasteiger charge is -2.01. The van der Waals surface area contributed by atoms with E-state index in [0.29, 0.717) is 0 Å². The van der Waals surface area contributed by atoms with Crippen molar-refractivity contribution < 1.29 is 0 Å². The van der Waals surface area contributed by atoms with E-state index >= 15 is 0 Å². The van der Waals surface area contributed by atoms with E-state index in [1.54, 1.807) is 6.08 Å². The van der Waals surface area contributed by atoms with Gasteiger partial charge in [-0.25, -0.2) is 0 Å². The van der Waals surface area contributed by atoms with E-state index in [-0.39, 0.29) is 0 Å². The van der Waals surface area contributed by atoms with Crippen LogP contribution in [0.2, 0.25) is 0 Å². The van der Waals surface area contributed by atoms with Crippen molar-refractivity contribution in [1.82, 2.24) is 4.98 Å². The Morgan fingerprint density at radius 1 is 1.43 bits per heavy atom. The fourth-order valence-corrected chi connectivity index (χ4v) is 1.59. The standard InChI is InChI=1S/C12H10N2/c1-9(5-7-13)11-4-2-3-10-6-8-14-12(10)11/h2-6,8,14H,1H3. The van der Waals surface area contributed by atoms with E-state index in [1.807, 2.05) is 37.4 Å². The highest BCUT2D eigenvalue weighted by molar-refractivity contribution is 5.91. The van der Waals surface area contributed by atoms with Gasteiger partial charge >= 0.3 is 0 Å². The van der Waals surface area contributed by atoms with E-state index in [1.165, 1.54) is 5.39 Å². The molecule has 0 amide bonds. The number of allylic oxidation sites excluding steroid dienone is 2. The van der Waals surface area contributed by atoms with Crippen LogP contribution in [0.15, 0.2) is 36.5 Å². The summed E-state index contributed by atoms with van der Waals surface area (Å²) in [4.78, 5) is 3.18. The molecule has 2 heteroatoms. The second-order valence-electron chi connectivity index (χ2n) is 3.20. The van der Waals surface area contributed by atoms with Crippen LogP contribution in [0.5, 0.6) is 0 Å². The monoisotopic (exact) mass is 182 g/mol. The first-order valence-electron chi connectivity index (χ1n) is 4.46. The smallest absolute Gasteiger partial charge is 0.0915 e. The molecule has 0 aliphatic rings. The molecule has 2 aromatic rings. The number of H-pyrrole nitrogens is 1. The molecule has 0 atom stereocenters. The number of para-hydroxylation sites is 1. The second kappa shape index (κ2) is 3.39. The minimum atomic E-state index is 0.987. The van der Waals surface area contributed by atoms with Crippen LogP contribution in [-0.2, 0) is 0 Å². The van der Waals surface area contributed by atoms with Gasteiger partial charge in [0.2, 0.25) is 0 Å². The van der Waals surface area contributed by atoms with Gasteiger partial charge in [0.05, 0.1) is 11.6 Å². The normalized spacial score (nSPS) is 11.6. The van der Waals surface area contributed by atoms with Crippen molar-refractivity contribution in [2.45, 2.75) is 6.92 Å². The van der Waals surface area contributed by atoms with Gasteiger partial charge in [0.1, 0.15) is 0 Å². The predicted octanol–water partition coefficient (Wildman–Crippen LogP) is 3.09. The number of aromatic nitrogens is 1. The molecule has 2 rings (SSSR count). The number of hydrogen-bond donors (Lipinski definition) is 1. The highest BCUT2D eigenvalue weighted by atomic mass is 14.7. The Morgan fingerprint density at radius 2 is 2.29 bits per heavy atom. The zero-order chi connectivity index (χ0) is 9.97. The molecule has 0 fully saturated rings. The maximum Gasteiger partial charge on any atom is 0.0915 e. The van der Waals surface area contributed by atoms with E-state index in [2.05, 4.69) is 11.1 Å². The Hall–Kier alpha value is -2.01. The molecule has 1 heterocycles. The van der Waals surface area contributed by atoms with Crippen LogP contribution in [-0.4, -0.2) is 4.98 Å². The Morgan fingerprint density at radius 3 is 3.07 bits per heavy atom. The minimum absolute atomic E-state index is 0.987. The number of hydrogen-bond acceptors (Lipinski definition) is 1. The van der Waals surface area contributed by atoms with E-state index in [9.17, 15) is 0 Å². The SMILES string of the molecule is CC(=CC#N)c1cccc2cc[nH]c12. The van der Waals surface area contributed by atoms with Gasteiger partial charge in [-0.3, -0.25) is 0 Å². The maximum atomic E-state index is 8.58. The first-order valence-corrected chi connectivity index (χ1v) is 4.46. The van der Waals surface area contributed by atoms with Crippen molar-refractivity contribution in [3.63, 3.8) is 0 Å². The van der Waals surface area contributed by atoms with Crippen molar-refractivity contribution in [1.29, 1.82) is 5.26 Å². The number of nitrogens with one attached hydrogen (secondary N) is 1. The molecule has 0 bridgehead atoms. The topological polar surface area (TPSA) is 39.6 Å². The Labute approximate surface area is 82.5 Å². The zero-order valence-electron chi connectivity index (χ0n) is 7.91. The third-order valence-electron chi connectivity index (χ3n) is 2.29. The Balaban J connectivity index is 2.69. The summed E-state index contributed by atoms with van der Waals surface area (Å²) in [7, 11) is 0. The van der Waals surface area contributed by atoms with Gasteiger partial charge < -0.3 is 4.98 Å². The molecule has 1 aromatic heterocycles. The van der Waals surface area contributed by atoms with Crippen LogP contribution in [0.25, 0.3) is 16.5 Å². The van der Waals surface area contributed by atoms with Crippen LogP contribution < -0.4 is 0 Å². The van der Waals surface area contributed by atoms with Crippen molar-refractivity contribution in [3.05, 3.63) is 42.1 Å². The number of aromatic amines is 1. The molecule has 0 aliphatic carbocycles. The van der Waals surface area contributed by atoms with Gasteiger partial charge in [-0.1, -0.05) is 18.2 Å². The summed E-state index contributed by atoms with van der Waals surface area (Å²) < 4.78 is 0. The number of rotatable bonds is 1. The van der Waals surface area contributed by atoms with E-state index < -0.39 is 0 Å². The van der Waals surface area contributed by atoms with E-state index in [4.69, 9.17) is 5.26 Å². The minimum Gasteiger partial charge on any atom is -0.361 e. The van der Waals surface area contributed by atoms with Crippen molar-refractivity contribution in [3.8, 4) is 6.07 Å². The molecule has 2 nitrogen and oxygen atoms in total.